The Balaban J connectivity index is 2.03. The smallest absolute Gasteiger partial charge is 0.270 e. The molecule has 2 atom stereocenters. The van der Waals surface area contributed by atoms with E-state index in [2.05, 4.69) is 28.2 Å². The SMILES string of the molecule is CCC1OCCC1CNC(=O)c1cc([N+](=O)[O-])ccc1Br. The molecule has 0 aromatic heterocycles. The van der Waals surface area contributed by atoms with Gasteiger partial charge >= 0.3 is 0 Å². The molecule has 7 heteroatoms. The second-order valence-corrected chi connectivity index (χ2v) is 5.85. The number of nitrogens with one attached hydrogen (secondary N) is 1. The van der Waals surface area contributed by atoms with Crippen molar-refractivity contribution in [3.63, 3.8) is 0 Å². The second-order valence-electron chi connectivity index (χ2n) is 5.00. The van der Waals surface area contributed by atoms with Gasteiger partial charge in [0, 0.05) is 35.7 Å². The summed E-state index contributed by atoms with van der Waals surface area (Å²) in [6.07, 6.45) is 2.02. The largest absolute Gasteiger partial charge is 0.378 e. The van der Waals surface area contributed by atoms with Crippen LogP contribution in [-0.2, 0) is 4.74 Å². The number of nitrogens with zero attached hydrogens (tertiary/aromatic N) is 1. The quantitative estimate of drug-likeness (QED) is 0.649. The number of rotatable bonds is 5. The average Bonchev–Trinajstić information content (AvgIpc) is 2.92. The molecule has 1 fully saturated rings. The molecular weight excluding hydrogens is 340 g/mol. The van der Waals surface area contributed by atoms with Gasteiger partial charge in [0.15, 0.2) is 0 Å². The van der Waals surface area contributed by atoms with Gasteiger partial charge in [-0.15, -0.1) is 0 Å². The molecule has 1 aliphatic rings. The molecular formula is C14H17BrN2O4. The Labute approximate surface area is 131 Å². The van der Waals surface area contributed by atoms with E-state index in [9.17, 15) is 14.9 Å². The van der Waals surface area contributed by atoms with Crippen LogP contribution < -0.4 is 5.32 Å². The van der Waals surface area contributed by atoms with Gasteiger partial charge in [0.05, 0.1) is 16.6 Å². The number of nitro groups is 1. The van der Waals surface area contributed by atoms with Gasteiger partial charge in [0.1, 0.15) is 0 Å². The highest BCUT2D eigenvalue weighted by atomic mass is 79.9. The molecule has 114 valence electrons. The van der Waals surface area contributed by atoms with Crippen LogP contribution in [0.3, 0.4) is 0 Å². The molecule has 1 saturated heterocycles. The fraction of sp³-hybridized carbons (Fsp3) is 0.500. The fourth-order valence-electron chi connectivity index (χ4n) is 2.50. The summed E-state index contributed by atoms with van der Waals surface area (Å²) in [6, 6.07) is 4.15. The Bertz CT molecular complexity index is 550. The third-order valence-electron chi connectivity index (χ3n) is 3.68. The zero-order valence-electron chi connectivity index (χ0n) is 11.7. The molecule has 2 rings (SSSR count). The predicted octanol–water partition coefficient (Wildman–Crippen LogP) is 2.90. The molecule has 1 amide bonds. The molecule has 21 heavy (non-hydrogen) atoms. The van der Waals surface area contributed by atoms with Gasteiger partial charge in [-0.25, -0.2) is 0 Å². The second kappa shape index (κ2) is 7.00. The Morgan fingerprint density at radius 1 is 1.57 bits per heavy atom. The van der Waals surface area contributed by atoms with Crippen LogP contribution >= 0.6 is 15.9 Å². The third-order valence-corrected chi connectivity index (χ3v) is 4.37. The number of carbonyl (C=O) groups is 1. The summed E-state index contributed by atoms with van der Waals surface area (Å²) >= 11 is 3.25. The maximum Gasteiger partial charge on any atom is 0.270 e. The lowest BCUT2D eigenvalue weighted by molar-refractivity contribution is -0.384. The summed E-state index contributed by atoms with van der Waals surface area (Å²) in [5.41, 5.74) is 0.176. The maximum atomic E-state index is 12.2. The molecule has 0 aliphatic carbocycles. The average molecular weight is 357 g/mol. The summed E-state index contributed by atoms with van der Waals surface area (Å²) in [5.74, 6) is -0.0104. The van der Waals surface area contributed by atoms with Crippen LogP contribution in [0.15, 0.2) is 22.7 Å². The highest BCUT2D eigenvalue weighted by Crippen LogP contribution is 2.24. The number of nitro benzene ring substituents is 1. The van der Waals surface area contributed by atoms with Gasteiger partial charge < -0.3 is 10.1 Å². The molecule has 1 aromatic carbocycles. The minimum atomic E-state index is -0.513. The van der Waals surface area contributed by atoms with E-state index in [1.807, 2.05) is 0 Å². The normalized spacial score (nSPS) is 21.2. The molecule has 6 nitrogen and oxygen atoms in total. The minimum Gasteiger partial charge on any atom is -0.378 e. The van der Waals surface area contributed by atoms with Crippen molar-refractivity contribution in [2.75, 3.05) is 13.2 Å². The molecule has 1 aromatic rings. The molecule has 0 spiro atoms. The van der Waals surface area contributed by atoms with Gasteiger partial charge in [-0.2, -0.15) is 0 Å². The van der Waals surface area contributed by atoms with E-state index in [1.165, 1.54) is 18.2 Å². The van der Waals surface area contributed by atoms with E-state index in [4.69, 9.17) is 4.74 Å². The minimum absolute atomic E-state index is 0.0982. The van der Waals surface area contributed by atoms with Gasteiger partial charge in [0.25, 0.3) is 11.6 Å². The monoisotopic (exact) mass is 356 g/mol. The highest BCUT2D eigenvalue weighted by Gasteiger charge is 2.27. The zero-order valence-corrected chi connectivity index (χ0v) is 13.3. The number of hydrogen-bond acceptors (Lipinski definition) is 4. The van der Waals surface area contributed by atoms with E-state index in [0.29, 0.717) is 16.9 Å². The number of halogens is 1. The Hall–Kier alpha value is -1.47. The molecule has 1 N–H and O–H groups in total. The lowest BCUT2D eigenvalue weighted by Crippen LogP contribution is -2.32. The molecule has 2 unspecified atom stereocenters. The van der Waals surface area contributed by atoms with Crippen LogP contribution in [0.25, 0.3) is 0 Å². The van der Waals surface area contributed by atoms with Gasteiger partial charge in [-0.1, -0.05) is 6.92 Å². The molecule has 1 heterocycles. The lowest BCUT2D eigenvalue weighted by Gasteiger charge is -2.17. The van der Waals surface area contributed by atoms with E-state index >= 15 is 0 Å². The summed E-state index contributed by atoms with van der Waals surface area (Å²) < 4.78 is 6.12. The topological polar surface area (TPSA) is 81.5 Å². The summed E-state index contributed by atoms with van der Waals surface area (Å²) in [4.78, 5) is 22.5. The van der Waals surface area contributed by atoms with Crippen molar-refractivity contribution in [2.24, 2.45) is 5.92 Å². The lowest BCUT2D eigenvalue weighted by atomic mass is 9.99. The third kappa shape index (κ3) is 3.79. The van der Waals surface area contributed by atoms with Crippen molar-refractivity contribution in [1.82, 2.24) is 5.32 Å². The molecule has 0 saturated carbocycles. The standard InChI is InChI=1S/C14H17BrN2O4/c1-2-13-9(5-6-21-13)8-16-14(18)11-7-10(17(19)20)3-4-12(11)15/h3-4,7,9,13H,2,5-6,8H2,1H3,(H,16,18). The van der Waals surface area contributed by atoms with Crippen LogP contribution in [0.4, 0.5) is 5.69 Å². The van der Waals surface area contributed by atoms with Crippen LogP contribution in [0, 0.1) is 16.0 Å². The van der Waals surface area contributed by atoms with Gasteiger partial charge in [0.2, 0.25) is 0 Å². The maximum absolute atomic E-state index is 12.2. The van der Waals surface area contributed by atoms with Crippen LogP contribution in [0.1, 0.15) is 30.1 Å². The summed E-state index contributed by atoms with van der Waals surface area (Å²) in [5, 5.41) is 13.6. The first-order valence-corrected chi connectivity index (χ1v) is 7.66. The van der Waals surface area contributed by atoms with Crippen molar-refractivity contribution in [1.29, 1.82) is 0 Å². The fourth-order valence-corrected chi connectivity index (χ4v) is 2.92. The first-order valence-electron chi connectivity index (χ1n) is 6.86. The van der Waals surface area contributed by atoms with Gasteiger partial charge in [-0.3, -0.25) is 14.9 Å². The summed E-state index contributed by atoms with van der Waals surface area (Å²) in [7, 11) is 0. The van der Waals surface area contributed by atoms with Gasteiger partial charge in [-0.05, 0) is 34.8 Å². The van der Waals surface area contributed by atoms with Crippen molar-refractivity contribution in [3.05, 3.63) is 38.3 Å². The first-order chi connectivity index (χ1) is 10.0. The van der Waals surface area contributed by atoms with E-state index in [-0.39, 0.29) is 23.3 Å². The Morgan fingerprint density at radius 2 is 2.33 bits per heavy atom. The van der Waals surface area contributed by atoms with Crippen LogP contribution in [0.5, 0.6) is 0 Å². The number of hydrogen-bond donors (Lipinski definition) is 1. The Kier molecular flexibility index (Phi) is 5.30. The van der Waals surface area contributed by atoms with E-state index in [0.717, 1.165) is 19.4 Å². The predicted molar refractivity (Wildman–Crippen MR) is 81.3 cm³/mol. The Morgan fingerprint density at radius 3 is 3.00 bits per heavy atom. The summed E-state index contributed by atoms with van der Waals surface area (Å²) in [6.45, 7) is 3.30. The van der Waals surface area contributed by atoms with Crippen molar-refractivity contribution >= 4 is 27.5 Å². The zero-order chi connectivity index (χ0) is 15.4. The van der Waals surface area contributed by atoms with Crippen molar-refractivity contribution in [3.8, 4) is 0 Å². The molecule has 1 aliphatic heterocycles. The first kappa shape index (κ1) is 15.9. The van der Waals surface area contributed by atoms with Crippen LogP contribution in [0.2, 0.25) is 0 Å². The number of carbonyl (C=O) groups excluding carboxylic acids is 1. The number of benzene rings is 1. The number of ether oxygens (including phenoxy) is 1. The van der Waals surface area contributed by atoms with Crippen molar-refractivity contribution < 1.29 is 14.5 Å². The number of amides is 1. The number of non-ortho nitro benzene ring substituents is 1. The van der Waals surface area contributed by atoms with Crippen molar-refractivity contribution in [2.45, 2.75) is 25.9 Å². The van der Waals surface area contributed by atoms with E-state index < -0.39 is 4.92 Å². The molecule has 0 radical (unpaired) electrons. The molecule has 0 bridgehead atoms. The van der Waals surface area contributed by atoms with Crippen LogP contribution in [-0.4, -0.2) is 30.1 Å². The highest BCUT2D eigenvalue weighted by molar-refractivity contribution is 9.10. The van der Waals surface area contributed by atoms with E-state index in [1.54, 1.807) is 0 Å².